The molecule has 0 heterocycles. The maximum absolute atomic E-state index is 9.38. The van der Waals surface area contributed by atoms with Gasteiger partial charge in [0.2, 0.25) is 0 Å². The van der Waals surface area contributed by atoms with E-state index in [-0.39, 0.29) is 24.8 Å². The van der Waals surface area contributed by atoms with Crippen LogP contribution in [0.1, 0.15) is 6.92 Å². The van der Waals surface area contributed by atoms with Crippen LogP contribution in [0.2, 0.25) is 0 Å². The lowest BCUT2D eigenvalue weighted by Crippen LogP contribution is -1.39. The van der Waals surface area contributed by atoms with E-state index in [9.17, 15) is 4.57 Å². The summed E-state index contributed by atoms with van der Waals surface area (Å²) in [5.74, 6) is 0. The zero-order chi connectivity index (χ0) is 3.41. The van der Waals surface area contributed by atoms with Crippen molar-refractivity contribution < 1.29 is 4.57 Å². The molecule has 42 valence electrons. The van der Waals surface area contributed by atoms with Crippen molar-refractivity contribution >= 4 is 33.3 Å². The third-order valence-electron chi connectivity index (χ3n) is 0.167. The van der Waals surface area contributed by atoms with E-state index in [0.29, 0.717) is 0 Å². The van der Waals surface area contributed by atoms with E-state index in [0.717, 1.165) is 6.16 Å². The summed E-state index contributed by atoms with van der Waals surface area (Å²) in [6.07, 6.45) is 0.847. The molecular formula is C2H9Cl2OP. The van der Waals surface area contributed by atoms with Crippen LogP contribution in [0.15, 0.2) is 0 Å². The number of hydrogen-bond donors (Lipinski definition) is 0. The zero-order valence-corrected chi connectivity index (χ0v) is 6.30. The fourth-order valence-electron chi connectivity index (χ4n) is 0. The van der Waals surface area contributed by atoms with Gasteiger partial charge >= 0.3 is 0 Å². The van der Waals surface area contributed by atoms with Crippen LogP contribution in [0.4, 0.5) is 0 Å². The molecule has 0 aromatic heterocycles. The molecule has 0 fully saturated rings. The Kier molecular flexibility index (Phi) is 44.9. The van der Waals surface area contributed by atoms with Crippen molar-refractivity contribution in [3.63, 3.8) is 0 Å². The Morgan fingerprint density at radius 1 is 1.50 bits per heavy atom. The van der Waals surface area contributed by atoms with Gasteiger partial charge in [-0.05, 0) is 6.16 Å². The third-order valence-corrected chi connectivity index (χ3v) is 0.500. The van der Waals surface area contributed by atoms with Crippen LogP contribution in [0.3, 0.4) is 0 Å². The average molecular weight is 151 g/mol. The van der Waals surface area contributed by atoms with E-state index in [2.05, 4.69) is 0 Å². The van der Waals surface area contributed by atoms with Crippen molar-refractivity contribution in [2.24, 2.45) is 0 Å². The Morgan fingerprint density at radius 3 is 1.67 bits per heavy atom. The summed E-state index contributed by atoms with van der Waals surface area (Å²) in [5, 5.41) is 0. The Balaban J connectivity index is -0.0000000450. The van der Waals surface area contributed by atoms with Crippen molar-refractivity contribution in [2.75, 3.05) is 6.16 Å². The molecule has 0 aromatic carbocycles. The summed E-state index contributed by atoms with van der Waals surface area (Å²) >= 11 is 0. The van der Waals surface area contributed by atoms with Crippen LogP contribution in [0.5, 0.6) is 0 Å². The van der Waals surface area contributed by atoms with Crippen molar-refractivity contribution in [2.45, 2.75) is 6.92 Å². The highest BCUT2D eigenvalue weighted by Crippen LogP contribution is 1.82. The second-order valence-corrected chi connectivity index (χ2v) is 1.72. The minimum Gasteiger partial charge on any atom is -0.330 e. The average Bonchev–Trinajstić information content (AvgIpc) is 1.37. The van der Waals surface area contributed by atoms with Crippen molar-refractivity contribution in [3.05, 3.63) is 0 Å². The first kappa shape index (κ1) is 15.8. The van der Waals surface area contributed by atoms with Gasteiger partial charge < -0.3 is 4.57 Å². The lowest BCUT2D eigenvalue weighted by atomic mass is 11.0. The largest absolute Gasteiger partial charge is 0.330 e. The Morgan fingerprint density at radius 2 is 1.67 bits per heavy atom. The fourth-order valence-corrected chi connectivity index (χ4v) is 0. The first-order chi connectivity index (χ1) is 1.91. The molecule has 0 radical (unpaired) electrons. The molecule has 0 rings (SSSR count). The maximum Gasteiger partial charge on any atom is 0.0642 e. The molecule has 0 aliphatic heterocycles. The van der Waals surface area contributed by atoms with Crippen LogP contribution in [-0.2, 0) is 4.57 Å². The Labute approximate surface area is 51.5 Å². The predicted octanol–water partition coefficient (Wildman–Crippen LogP) is 1.61. The van der Waals surface area contributed by atoms with Gasteiger partial charge in [0.1, 0.15) is 0 Å². The molecule has 0 spiro atoms. The van der Waals surface area contributed by atoms with Crippen molar-refractivity contribution in [1.29, 1.82) is 0 Å². The molecule has 0 amide bonds. The zero-order valence-electron chi connectivity index (χ0n) is 3.51. The van der Waals surface area contributed by atoms with Gasteiger partial charge in [0.25, 0.3) is 0 Å². The molecule has 1 unspecified atom stereocenters. The van der Waals surface area contributed by atoms with E-state index in [4.69, 9.17) is 0 Å². The summed E-state index contributed by atoms with van der Waals surface area (Å²) in [5.41, 5.74) is 0. The molecule has 0 saturated heterocycles. The molecule has 0 bridgehead atoms. The van der Waals surface area contributed by atoms with Crippen LogP contribution in [0.25, 0.3) is 0 Å². The minimum atomic E-state index is -0.468. The molecule has 0 N–H and O–H groups in total. The Hall–Kier alpha value is 0.810. The smallest absolute Gasteiger partial charge is 0.0642 e. The van der Waals surface area contributed by atoms with Crippen molar-refractivity contribution in [3.8, 4) is 0 Å². The molecular weight excluding hydrogens is 142 g/mol. The lowest BCUT2D eigenvalue weighted by Gasteiger charge is -1.53. The summed E-state index contributed by atoms with van der Waals surface area (Å²) < 4.78 is 9.38. The molecule has 6 heavy (non-hydrogen) atoms. The highest BCUT2D eigenvalue weighted by molar-refractivity contribution is 7.23. The monoisotopic (exact) mass is 150 g/mol. The predicted molar refractivity (Wildman–Crippen MR) is 35.4 cm³/mol. The number of rotatable bonds is 1. The van der Waals surface area contributed by atoms with E-state index >= 15 is 0 Å². The third kappa shape index (κ3) is 21.3. The number of hydrogen-bond acceptors (Lipinski definition) is 1. The van der Waals surface area contributed by atoms with E-state index in [1.807, 2.05) is 6.92 Å². The molecule has 1 atom stereocenters. The molecule has 0 saturated carbocycles. The van der Waals surface area contributed by atoms with Gasteiger partial charge in [0, 0.05) is 0 Å². The standard InChI is InChI=1S/C2H7OP.2ClH/c1-2-4-3;;/h2,4H2,1H3;2*1H. The summed E-state index contributed by atoms with van der Waals surface area (Å²) in [4.78, 5) is 0. The van der Waals surface area contributed by atoms with Gasteiger partial charge in [0.05, 0.1) is 8.46 Å². The first-order valence-electron chi connectivity index (χ1n) is 1.35. The SMILES string of the molecule is CC[PH2]=O.Cl.Cl. The maximum atomic E-state index is 9.38. The van der Waals surface area contributed by atoms with E-state index < -0.39 is 8.46 Å². The number of halogens is 2. The summed E-state index contributed by atoms with van der Waals surface area (Å²) in [6.45, 7) is 1.91. The first-order valence-corrected chi connectivity index (χ1v) is 2.64. The minimum absolute atomic E-state index is 0. The lowest BCUT2D eigenvalue weighted by molar-refractivity contribution is 0.599. The second-order valence-electron chi connectivity index (χ2n) is 0.575. The van der Waals surface area contributed by atoms with Crippen LogP contribution < -0.4 is 0 Å². The van der Waals surface area contributed by atoms with Crippen LogP contribution in [-0.4, -0.2) is 6.16 Å². The van der Waals surface area contributed by atoms with Gasteiger partial charge in [0.15, 0.2) is 0 Å². The highest BCUT2D eigenvalue weighted by Gasteiger charge is 1.50. The molecule has 1 nitrogen and oxygen atoms in total. The fraction of sp³-hybridized carbons (Fsp3) is 1.00. The summed E-state index contributed by atoms with van der Waals surface area (Å²) in [6, 6.07) is 0. The van der Waals surface area contributed by atoms with Gasteiger partial charge in [-0.3, -0.25) is 0 Å². The molecule has 4 heteroatoms. The molecule has 0 aliphatic rings. The Bertz CT molecular complexity index is 25.5. The van der Waals surface area contributed by atoms with E-state index in [1.165, 1.54) is 0 Å². The van der Waals surface area contributed by atoms with E-state index in [1.54, 1.807) is 0 Å². The van der Waals surface area contributed by atoms with Gasteiger partial charge in [-0.15, -0.1) is 24.8 Å². The quantitative estimate of drug-likeness (QED) is 0.520. The molecule has 0 aliphatic carbocycles. The van der Waals surface area contributed by atoms with Crippen LogP contribution >= 0.6 is 33.3 Å². The van der Waals surface area contributed by atoms with Gasteiger partial charge in [-0.2, -0.15) is 0 Å². The second kappa shape index (κ2) is 17.0. The van der Waals surface area contributed by atoms with Gasteiger partial charge in [-0.1, -0.05) is 6.92 Å². The topological polar surface area (TPSA) is 17.1 Å². The molecule has 0 aromatic rings. The van der Waals surface area contributed by atoms with Crippen LogP contribution in [0, 0.1) is 0 Å². The summed E-state index contributed by atoms with van der Waals surface area (Å²) in [7, 11) is -0.468. The van der Waals surface area contributed by atoms with Crippen molar-refractivity contribution in [1.82, 2.24) is 0 Å². The highest BCUT2D eigenvalue weighted by atomic mass is 35.5. The normalized spacial score (nSPS) is 6.83. The van der Waals surface area contributed by atoms with Gasteiger partial charge in [-0.25, -0.2) is 0 Å².